The third-order valence-electron chi connectivity index (χ3n) is 2.32. The average molecular weight is 284 g/mol. The number of ether oxygens (including phenoxy) is 2. The Morgan fingerprint density at radius 2 is 1.40 bits per heavy atom. The first-order valence-electron chi connectivity index (χ1n) is 6.64. The summed E-state index contributed by atoms with van der Waals surface area (Å²) in [5.74, 6) is -0.369. The highest BCUT2D eigenvalue weighted by Crippen LogP contribution is 1.96. The Labute approximate surface area is 120 Å². The van der Waals surface area contributed by atoms with Crippen molar-refractivity contribution in [1.82, 2.24) is 10.6 Å². The van der Waals surface area contributed by atoms with Gasteiger partial charge in [-0.15, -0.1) is 0 Å². The van der Waals surface area contributed by atoms with Crippen LogP contribution in [-0.2, 0) is 19.1 Å². The van der Waals surface area contributed by atoms with Gasteiger partial charge in [0.1, 0.15) is 0 Å². The summed E-state index contributed by atoms with van der Waals surface area (Å²) >= 11 is 0. The van der Waals surface area contributed by atoms with Crippen LogP contribution in [0, 0.1) is 0 Å². The van der Waals surface area contributed by atoms with E-state index in [4.69, 9.17) is 9.47 Å². The first-order chi connectivity index (χ1) is 9.60. The van der Waals surface area contributed by atoms with Crippen molar-refractivity contribution in [2.24, 2.45) is 0 Å². The van der Waals surface area contributed by atoms with E-state index >= 15 is 0 Å². The SMILES string of the molecule is C=CC(=O)NCCCOC(C)OCCCNC(=O)C=C. The molecule has 6 heteroatoms. The lowest BCUT2D eigenvalue weighted by molar-refractivity contribution is -0.131. The molecule has 0 bridgehead atoms. The summed E-state index contributed by atoms with van der Waals surface area (Å²) in [6, 6.07) is 0. The van der Waals surface area contributed by atoms with Crippen molar-refractivity contribution in [3.8, 4) is 0 Å². The molecule has 0 saturated heterocycles. The quantitative estimate of drug-likeness (QED) is 0.315. The van der Waals surface area contributed by atoms with Crippen molar-refractivity contribution in [3.05, 3.63) is 25.3 Å². The third kappa shape index (κ3) is 11.4. The second-order valence-corrected chi connectivity index (χ2v) is 4.01. The lowest BCUT2D eigenvalue weighted by Crippen LogP contribution is -2.25. The average Bonchev–Trinajstić information content (AvgIpc) is 2.45. The minimum Gasteiger partial charge on any atom is -0.353 e. The number of nitrogens with one attached hydrogen (secondary N) is 2. The molecule has 0 aliphatic heterocycles. The summed E-state index contributed by atoms with van der Waals surface area (Å²) < 4.78 is 10.8. The fourth-order valence-electron chi connectivity index (χ4n) is 1.26. The molecule has 114 valence electrons. The molecule has 0 rings (SSSR count). The molecular formula is C14H24N2O4. The van der Waals surface area contributed by atoms with E-state index in [-0.39, 0.29) is 18.1 Å². The zero-order chi connectivity index (χ0) is 15.2. The predicted octanol–water partition coefficient (Wildman–Crippen LogP) is 0.750. The fraction of sp³-hybridized carbons (Fsp3) is 0.571. The van der Waals surface area contributed by atoms with Gasteiger partial charge in [0.25, 0.3) is 0 Å². The Bertz CT molecular complexity index is 288. The summed E-state index contributed by atoms with van der Waals surface area (Å²) in [4.78, 5) is 21.7. The lowest BCUT2D eigenvalue weighted by atomic mass is 10.4. The normalized spacial score (nSPS) is 10.1. The Hall–Kier alpha value is -1.66. The molecule has 20 heavy (non-hydrogen) atoms. The number of hydrogen-bond acceptors (Lipinski definition) is 4. The summed E-state index contributed by atoms with van der Waals surface area (Å²) in [6.45, 7) is 10.6. The number of hydrogen-bond donors (Lipinski definition) is 2. The zero-order valence-corrected chi connectivity index (χ0v) is 12.0. The van der Waals surface area contributed by atoms with Gasteiger partial charge in [-0.3, -0.25) is 9.59 Å². The Kier molecular flexibility index (Phi) is 11.4. The molecule has 0 fully saturated rings. The van der Waals surface area contributed by atoms with Gasteiger partial charge in [0, 0.05) is 13.1 Å². The number of carbonyl (C=O) groups is 2. The van der Waals surface area contributed by atoms with Gasteiger partial charge in [0.05, 0.1) is 13.2 Å². The van der Waals surface area contributed by atoms with Gasteiger partial charge >= 0.3 is 0 Å². The van der Waals surface area contributed by atoms with Gasteiger partial charge in [-0.25, -0.2) is 0 Å². The highest BCUT2D eigenvalue weighted by Gasteiger charge is 2.02. The maximum absolute atomic E-state index is 10.9. The van der Waals surface area contributed by atoms with E-state index in [0.29, 0.717) is 39.1 Å². The van der Waals surface area contributed by atoms with Gasteiger partial charge in [0.2, 0.25) is 11.8 Å². The molecule has 6 nitrogen and oxygen atoms in total. The smallest absolute Gasteiger partial charge is 0.243 e. The van der Waals surface area contributed by atoms with Crippen LogP contribution < -0.4 is 10.6 Å². The molecule has 0 atom stereocenters. The van der Waals surface area contributed by atoms with Crippen LogP contribution >= 0.6 is 0 Å². The first kappa shape index (κ1) is 18.3. The molecule has 0 spiro atoms. The third-order valence-corrected chi connectivity index (χ3v) is 2.32. The van der Waals surface area contributed by atoms with Crippen molar-refractivity contribution >= 4 is 11.8 Å². The van der Waals surface area contributed by atoms with Gasteiger partial charge in [-0.2, -0.15) is 0 Å². The molecule has 0 aromatic carbocycles. The van der Waals surface area contributed by atoms with E-state index < -0.39 is 0 Å². The molecule has 0 radical (unpaired) electrons. The lowest BCUT2D eigenvalue weighted by Gasteiger charge is -2.14. The van der Waals surface area contributed by atoms with Crippen molar-refractivity contribution in [2.75, 3.05) is 26.3 Å². The molecule has 0 saturated carbocycles. The van der Waals surface area contributed by atoms with Gasteiger partial charge in [-0.05, 0) is 31.9 Å². The maximum atomic E-state index is 10.9. The van der Waals surface area contributed by atoms with E-state index in [1.54, 1.807) is 0 Å². The fourth-order valence-corrected chi connectivity index (χ4v) is 1.26. The monoisotopic (exact) mass is 284 g/mol. The minimum absolute atomic E-state index is 0.184. The Morgan fingerprint density at radius 3 is 1.75 bits per heavy atom. The molecule has 0 unspecified atom stereocenters. The standard InChI is InChI=1S/C14H24N2O4/c1-4-13(17)15-8-6-10-19-12(3)20-11-7-9-16-14(18)5-2/h4-5,12H,1-2,6-11H2,3H3,(H,15,17)(H,16,18). The first-order valence-corrected chi connectivity index (χ1v) is 6.64. The second kappa shape index (κ2) is 12.4. The summed E-state index contributed by atoms with van der Waals surface area (Å²) in [5.41, 5.74) is 0. The van der Waals surface area contributed by atoms with Gasteiger partial charge in [0.15, 0.2) is 6.29 Å². The number of rotatable bonds is 12. The van der Waals surface area contributed by atoms with E-state index in [9.17, 15) is 9.59 Å². The molecule has 0 aromatic heterocycles. The summed E-state index contributed by atoms with van der Waals surface area (Å²) in [7, 11) is 0. The van der Waals surface area contributed by atoms with E-state index in [1.807, 2.05) is 6.92 Å². The van der Waals surface area contributed by atoms with E-state index in [0.717, 1.165) is 0 Å². The highest BCUT2D eigenvalue weighted by atomic mass is 16.7. The van der Waals surface area contributed by atoms with Crippen LogP contribution in [0.15, 0.2) is 25.3 Å². The van der Waals surface area contributed by atoms with Crippen molar-refractivity contribution in [2.45, 2.75) is 26.1 Å². The van der Waals surface area contributed by atoms with Gasteiger partial charge in [-0.1, -0.05) is 13.2 Å². The van der Waals surface area contributed by atoms with Gasteiger partial charge < -0.3 is 20.1 Å². The second-order valence-electron chi connectivity index (χ2n) is 4.01. The molecule has 0 aliphatic carbocycles. The van der Waals surface area contributed by atoms with Crippen LogP contribution in [-0.4, -0.2) is 44.4 Å². The highest BCUT2D eigenvalue weighted by molar-refractivity contribution is 5.87. The number of amides is 2. The van der Waals surface area contributed by atoms with Crippen LogP contribution in [0.25, 0.3) is 0 Å². The van der Waals surface area contributed by atoms with Crippen molar-refractivity contribution in [3.63, 3.8) is 0 Å². The topological polar surface area (TPSA) is 76.7 Å². The zero-order valence-electron chi connectivity index (χ0n) is 12.0. The molecule has 2 N–H and O–H groups in total. The van der Waals surface area contributed by atoms with Crippen LogP contribution in [0.5, 0.6) is 0 Å². The summed E-state index contributed by atoms with van der Waals surface area (Å²) in [5, 5.41) is 5.31. The summed E-state index contributed by atoms with van der Waals surface area (Å²) in [6.07, 6.45) is 3.58. The Morgan fingerprint density at radius 1 is 1.00 bits per heavy atom. The minimum atomic E-state index is -0.305. The van der Waals surface area contributed by atoms with Crippen molar-refractivity contribution in [1.29, 1.82) is 0 Å². The van der Waals surface area contributed by atoms with Crippen LogP contribution in [0.4, 0.5) is 0 Å². The molecule has 0 aliphatic rings. The largest absolute Gasteiger partial charge is 0.353 e. The van der Waals surface area contributed by atoms with E-state index in [2.05, 4.69) is 23.8 Å². The Balaban J connectivity index is 3.34. The molecule has 0 aromatic rings. The predicted molar refractivity (Wildman–Crippen MR) is 77.0 cm³/mol. The maximum Gasteiger partial charge on any atom is 0.243 e. The molecule has 2 amide bonds. The van der Waals surface area contributed by atoms with Crippen molar-refractivity contribution < 1.29 is 19.1 Å². The van der Waals surface area contributed by atoms with E-state index in [1.165, 1.54) is 12.2 Å². The van der Waals surface area contributed by atoms with Crippen LogP contribution in [0.3, 0.4) is 0 Å². The molecular weight excluding hydrogens is 260 g/mol. The number of carbonyl (C=O) groups excluding carboxylic acids is 2. The van der Waals surface area contributed by atoms with Crippen LogP contribution in [0.2, 0.25) is 0 Å². The van der Waals surface area contributed by atoms with Crippen LogP contribution in [0.1, 0.15) is 19.8 Å². The molecule has 0 heterocycles.